The van der Waals surface area contributed by atoms with E-state index in [1.807, 2.05) is 42.8 Å². The number of benzene rings is 1. The molecule has 1 aromatic carbocycles. The molecule has 1 N–H and O–H groups in total. The first kappa shape index (κ1) is 22.0. The van der Waals surface area contributed by atoms with E-state index in [1.54, 1.807) is 6.33 Å². The highest BCUT2D eigenvalue weighted by atomic mass is 16.1. The van der Waals surface area contributed by atoms with Crippen molar-refractivity contribution in [3.63, 3.8) is 0 Å². The van der Waals surface area contributed by atoms with Gasteiger partial charge in [0.25, 0.3) is 0 Å². The molecule has 1 aliphatic heterocycles. The van der Waals surface area contributed by atoms with Gasteiger partial charge in [-0.05, 0) is 57.1 Å². The number of hydrogen-bond donors (Lipinski definition) is 1. The largest absolute Gasteiger partial charge is 0.356 e. The van der Waals surface area contributed by atoms with E-state index in [1.165, 1.54) is 24.8 Å². The molecule has 7 nitrogen and oxygen atoms in total. The number of carbonyl (C=O) groups excluding carboxylic acids is 1. The van der Waals surface area contributed by atoms with Gasteiger partial charge in [0.1, 0.15) is 12.1 Å². The van der Waals surface area contributed by atoms with Crippen molar-refractivity contribution in [2.45, 2.75) is 52.4 Å². The number of piperidine rings is 1. The smallest absolute Gasteiger partial charge is 0.220 e. The van der Waals surface area contributed by atoms with E-state index in [4.69, 9.17) is 5.10 Å². The number of rotatable bonds is 8. The molecule has 0 bridgehead atoms. The van der Waals surface area contributed by atoms with Gasteiger partial charge in [-0.2, -0.15) is 5.10 Å². The zero-order chi connectivity index (χ0) is 22.3. The summed E-state index contributed by atoms with van der Waals surface area (Å²) >= 11 is 0. The van der Waals surface area contributed by atoms with Crippen molar-refractivity contribution in [2.75, 3.05) is 24.5 Å². The van der Waals surface area contributed by atoms with Crippen LogP contribution in [0.15, 0.2) is 42.7 Å². The van der Waals surface area contributed by atoms with Crippen LogP contribution >= 0.6 is 0 Å². The van der Waals surface area contributed by atoms with E-state index in [0.29, 0.717) is 19.4 Å². The molecule has 1 fully saturated rings. The summed E-state index contributed by atoms with van der Waals surface area (Å²) in [5.41, 5.74) is 4.32. The molecule has 0 aliphatic carbocycles. The van der Waals surface area contributed by atoms with E-state index >= 15 is 0 Å². The Morgan fingerprint density at radius 3 is 2.53 bits per heavy atom. The molecule has 1 saturated heterocycles. The highest BCUT2D eigenvalue weighted by Crippen LogP contribution is 2.22. The van der Waals surface area contributed by atoms with Crippen molar-refractivity contribution >= 4 is 11.7 Å². The lowest BCUT2D eigenvalue weighted by Gasteiger charge is -2.27. The SMILES string of the molecule is Cc1nn(-c2cc(N3CCCCC3)ncn2)c(C)c1CCC(=O)NCCc1ccccc1. The van der Waals surface area contributed by atoms with Crippen molar-refractivity contribution in [2.24, 2.45) is 0 Å². The zero-order valence-corrected chi connectivity index (χ0v) is 19.0. The van der Waals surface area contributed by atoms with Crippen LogP contribution in [0.2, 0.25) is 0 Å². The molecular weight excluding hydrogens is 400 g/mol. The first-order valence-electron chi connectivity index (χ1n) is 11.5. The monoisotopic (exact) mass is 432 g/mol. The van der Waals surface area contributed by atoms with Crippen LogP contribution in [-0.2, 0) is 17.6 Å². The van der Waals surface area contributed by atoms with Crippen molar-refractivity contribution in [1.29, 1.82) is 0 Å². The fourth-order valence-corrected chi connectivity index (χ4v) is 4.33. The Balaban J connectivity index is 1.37. The maximum absolute atomic E-state index is 12.4. The highest BCUT2D eigenvalue weighted by Gasteiger charge is 2.17. The minimum atomic E-state index is 0.0712. The van der Waals surface area contributed by atoms with Crippen LogP contribution in [0.25, 0.3) is 5.82 Å². The normalized spacial score (nSPS) is 13.9. The fourth-order valence-electron chi connectivity index (χ4n) is 4.33. The molecule has 0 spiro atoms. The van der Waals surface area contributed by atoms with Gasteiger partial charge < -0.3 is 10.2 Å². The van der Waals surface area contributed by atoms with Crippen LogP contribution in [0.4, 0.5) is 5.82 Å². The lowest BCUT2D eigenvalue weighted by Crippen LogP contribution is -2.30. The summed E-state index contributed by atoms with van der Waals surface area (Å²) in [6.07, 6.45) is 7.28. The van der Waals surface area contributed by atoms with E-state index in [-0.39, 0.29) is 5.91 Å². The van der Waals surface area contributed by atoms with E-state index < -0.39 is 0 Å². The molecule has 1 aliphatic rings. The molecular formula is C25H32N6O. The molecule has 0 unspecified atom stereocenters. The minimum Gasteiger partial charge on any atom is -0.356 e. The van der Waals surface area contributed by atoms with Crippen molar-refractivity contribution < 1.29 is 4.79 Å². The number of anilines is 1. The second-order valence-corrected chi connectivity index (χ2v) is 8.43. The number of nitrogens with zero attached hydrogens (tertiary/aromatic N) is 5. The lowest BCUT2D eigenvalue weighted by molar-refractivity contribution is -0.121. The summed E-state index contributed by atoms with van der Waals surface area (Å²) < 4.78 is 1.88. The van der Waals surface area contributed by atoms with Gasteiger partial charge in [-0.15, -0.1) is 0 Å². The maximum atomic E-state index is 12.4. The average Bonchev–Trinajstić information content (AvgIpc) is 3.12. The predicted octanol–water partition coefficient (Wildman–Crippen LogP) is 3.56. The molecule has 168 valence electrons. The molecule has 0 radical (unpaired) electrons. The van der Waals surface area contributed by atoms with Crippen LogP contribution in [-0.4, -0.2) is 45.3 Å². The topological polar surface area (TPSA) is 75.9 Å². The summed E-state index contributed by atoms with van der Waals surface area (Å²) in [4.78, 5) is 23.6. The third kappa shape index (κ3) is 5.33. The van der Waals surface area contributed by atoms with Crippen LogP contribution in [0, 0.1) is 13.8 Å². The molecule has 3 heterocycles. The predicted molar refractivity (Wildman–Crippen MR) is 126 cm³/mol. The van der Waals surface area contributed by atoms with Gasteiger partial charge in [-0.1, -0.05) is 30.3 Å². The van der Waals surface area contributed by atoms with Crippen LogP contribution in [0.1, 0.15) is 48.2 Å². The summed E-state index contributed by atoms with van der Waals surface area (Å²) in [6.45, 7) is 6.78. The molecule has 3 aromatic rings. The number of hydrogen-bond acceptors (Lipinski definition) is 5. The van der Waals surface area contributed by atoms with Gasteiger partial charge in [0.05, 0.1) is 5.69 Å². The minimum absolute atomic E-state index is 0.0712. The summed E-state index contributed by atoms with van der Waals surface area (Å²) in [7, 11) is 0. The summed E-state index contributed by atoms with van der Waals surface area (Å²) in [6, 6.07) is 12.2. The average molecular weight is 433 g/mol. The zero-order valence-electron chi connectivity index (χ0n) is 19.0. The number of amides is 1. The fraction of sp³-hybridized carbons (Fsp3) is 0.440. The summed E-state index contributed by atoms with van der Waals surface area (Å²) in [5, 5.41) is 7.75. The third-order valence-electron chi connectivity index (χ3n) is 6.16. The Kier molecular flexibility index (Phi) is 7.14. The Morgan fingerprint density at radius 1 is 1.00 bits per heavy atom. The van der Waals surface area contributed by atoms with Gasteiger partial charge in [0.15, 0.2) is 5.82 Å². The van der Waals surface area contributed by atoms with E-state index in [2.05, 4.69) is 32.3 Å². The lowest BCUT2D eigenvalue weighted by atomic mass is 10.1. The third-order valence-corrected chi connectivity index (χ3v) is 6.16. The molecule has 7 heteroatoms. The number of aryl methyl sites for hydroxylation is 1. The Labute approximate surface area is 189 Å². The first-order valence-corrected chi connectivity index (χ1v) is 11.5. The van der Waals surface area contributed by atoms with Crippen molar-refractivity contribution in [3.8, 4) is 5.82 Å². The first-order chi connectivity index (χ1) is 15.6. The molecule has 32 heavy (non-hydrogen) atoms. The molecule has 1 amide bonds. The van der Waals surface area contributed by atoms with E-state index in [9.17, 15) is 4.79 Å². The quantitative estimate of drug-likeness (QED) is 0.589. The Hall–Kier alpha value is -3.22. The van der Waals surface area contributed by atoms with Gasteiger partial charge in [0.2, 0.25) is 5.91 Å². The second-order valence-electron chi connectivity index (χ2n) is 8.43. The van der Waals surface area contributed by atoms with Crippen molar-refractivity contribution in [1.82, 2.24) is 25.1 Å². The van der Waals surface area contributed by atoms with Gasteiger partial charge in [-0.3, -0.25) is 4.79 Å². The number of nitrogens with one attached hydrogen (secondary N) is 1. The highest BCUT2D eigenvalue weighted by molar-refractivity contribution is 5.76. The molecule has 0 atom stereocenters. The standard InChI is InChI=1S/C25H32N6O/c1-19-22(11-12-25(32)26-14-13-21-9-5-3-6-10-21)20(2)31(29-19)24-17-23(27-18-28-24)30-15-7-4-8-16-30/h3,5-6,9-10,17-18H,4,7-8,11-16H2,1-2H3,(H,26,32). The van der Waals surface area contributed by atoms with Crippen LogP contribution < -0.4 is 10.2 Å². The molecule has 0 saturated carbocycles. The van der Waals surface area contributed by atoms with Crippen molar-refractivity contribution in [3.05, 3.63) is 65.2 Å². The number of aromatic nitrogens is 4. The summed E-state index contributed by atoms with van der Waals surface area (Å²) in [5.74, 6) is 1.81. The van der Waals surface area contributed by atoms with Crippen LogP contribution in [0.3, 0.4) is 0 Å². The Morgan fingerprint density at radius 2 is 1.75 bits per heavy atom. The van der Waals surface area contributed by atoms with Gasteiger partial charge in [-0.25, -0.2) is 14.6 Å². The number of carbonyl (C=O) groups is 1. The maximum Gasteiger partial charge on any atom is 0.220 e. The molecule has 2 aromatic heterocycles. The second kappa shape index (κ2) is 10.4. The Bertz CT molecular complexity index is 1040. The van der Waals surface area contributed by atoms with Gasteiger partial charge in [0, 0.05) is 37.8 Å². The van der Waals surface area contributed by atoms with Crippen LogP contribution in [0.5, 0.6) is 0 Å². The molecule has 4 rings (SSSR count). The van der Waals surface area contributed by atoms with Gasteiger partial charge >= 0.3 is 0 Å². The van der Waals surface area contributed by atoms with E-state index in [0.717, 1.165) is 48.1 Å².